The summed E-state index contributed by atoms with van der Waals surface area (Å²) in [6.45, 7) is 1.31. The predicted molar refractivity (Wildman–Crippen MR) is 90.4 cm³/mol. The van der Waals surface area contributed by atoms with Crippen LogP contribution in [0.25, 0.3) is 10.6 Å². The van der Waals surface area contributed by atoms with E-state index in [9.17, 15) is 4.79 Å². The van der Waals surface area contributed by atoms with Crippen molar-refractivity contribution in [2.75, 3.05) is 13.3 Å². The molecule has 1 aliphatic heterocycles. The van der Waals surface area contributed by atoms with E-state index in [1.165, 1.54) is 0 Å². The van der Waals surface area contributed by atoms with Crippen molar-refractivity contribution < 1.29 is 14.3 Å². The van der Waals surface area contributed by atoms with Crippen molar-refractivity contribution in [1.82, 2.24) is 15.1 Å². The standard InChI is InChI=1S/C17H15N3O3S/c21-17(12-3-4-14-15(10-12)23-11-22-14)18-6-8-20-7-5-13(19-20)16-2-1-9-24-16/h1-5,7,9-10H,6,8,11H2,(H,18,21). The van der Waals surface area contributed by atoms with Crippen LogP contribution in [0.3, 0.4) is 0 Å². The van der Waals surface area contributed by atoms with Crippen molar-refractivity contribution >= 4 is 17.2 Å². The van der Waals surface area contributed by atoms with Crippen molar-refractivity contribution in [1.29, 1.82) is 0 Å². The van der Waals surface area contributed by atoms with Gasteiger partial charge >= 0.3 is 0 Å². The second-order valence-electron chi connectivity index (χ2n) is 5.27. The van der Waals surface area contributed by atoms with E-state index in [1.807, 2.05) is 34.5 Å². The average Bonchev–Trinajstić information content (AvgIpc) is 3.34. The number of nitrogens with one attached hydrogen (secondary N) is 1. The minimum Gasteiger partial charge on any atom is -0.454 e. The molecule has 2 aromatic heterocycles. The largest absolute Gasteiger partial charge is 0.454 e. The Morgan fingerprint density at radius 1 is 1.25 bits per heavy atom. The number of aromatic nitrogens is 2. The Hall–Kier alpha value is -2.80. The van der Waals surface area contributed by atoms with Gasteiger partial charge in [0.15, 0.2) is 11.5 Å². The molecule has 1 N–H and O–H groups in total. The van der Waals surface area contributed by atoms with Crippen molar-refractivity contribution in [3.8, 4) is 22.1 Å². The van der Waals surface area contributed by atoms with Crippen molar-refractivity contribution in [3.05, 3.63) is 53.5 Å². The highest BCUT2D eigenvalue weighted by Crippen LogP contribution is 2.32. The monoisotopic (exact) mass is 341 g/mol. The van der Waals surface area contributed by atoms with Gasteiger partial charge in [-0.1, -0.05) is 6.07 Å². The van der Waals surface area contributed by atoms with E-state index in [-0.39, 0.29) is 12.7 Å². The second-order valence-corrected chi connectivity index (χ2v) is 6.21. The normalized spacial score (nSPS) is 12.3. The smallest absolute Gasteiger partial charge is 0.251 e. The summed E-state index contributed by atoms with van der Waals surface area (Å²) in [6, 6.07) is 11.2. The topological polar surface area (TPSA) is 65.4 Å². The molecule has 0 fully saturated rings. The van der Waals surface area contributed by atoms with E-state index in [1.54, 1.807) is 29.5 Å². The van der Waals surface area contributed by atoms with Crippen molar-refractivity contribution in [2.24, 2.45) is 0 Å². The van der Waals surface area contributed by atoms with Gasteiger partial charge in [-0.15, -0.1) is 11.3 Å². The average molecular weight is 341 g/mol. The summed E-state index contributed by atoms with van der Waals surface area (Å²) in [4.78, 5) is 13.3. The third-order valence-corrected chi connectivity index (χ3v) is 4.57. The van der Waals surface area contributed by atoms with Crippen molar-refractivity contribution in [3.63, 3.8) is 0 Å². The fourth-order valence-corrected chi connectivity index (χ4v) is 3.16. The third kappa shape index (κ3) is 2.98. The van der Waals surface area contributed by atoms with Crippen LogP contribution in [-0.2, 0) is 6.54 Å². The molecule has 4 rings (SSSR count). The Labute approximate surface area is 142 Å². The number of hydrogen-bond donors (Lipinski definition) is 1. The zero-order valence-corrected chi connectivity index (χ0v) is 13.6. The van der Waals surface area contributed by atoms with E-state index in [2.05, 4.69) is 10.4 Å². The molecule has 1 amide bonds. The molecule has 0 saturated heterocycles. The molecule has 3 aromatic rings. The predicted octanol–water partition coefficient (Wildman–Crippen LogP) is 2.77. The van der Waals surface area contributed by atoms with E-state index in [4.69, 9.17) is 9.47 Å². The molecule has 6 nitrogen and oxygen atoms in total. The first-order chi connectivity index (χ1) is 11.8. The molecule has 1 aliphatic rings. The molecular weight excluding hydrogens is 326 g/mol. The van der Waals surface area contributed by atoms with Gasteiger partial charge in [0.25, 0.3) is 5.91 Å². The fourth-order valence-electron chi connectivity index (χ4n) is 2.47. The molecule has 0 spiro atoms. The summed E-state index contributed by atoms with van der Waals surface area (Å²) in [6.07, 6.45) is 1.92. The van der Waals surface area contributed by atoms with Crippen LogP contribution >= 0.6 is 11.3 Å². The number of ether oxygens (including phenoxy) is 2. The Kier molecular flexibility index (Phi) is 3.92. The summed E-state index contributed by atoms with van der Waals surface area (Å²) < 4.78 is 12.4. The fraction of sp³-hybridized carbons (Fsp3) is 0.176. The van der Waals surface area contributed by atoms with E-state index in [0.29, 0.717) is 30.2 Å². The number of fused-ring (bicyclic) bond motifs is 1. The number of nitrogens with zero attached hydrogens (tertiary/aromatic N) is 2. The maximum absolute atomic E-state index is 12.2. The van der Waals surface area contributed by atoms with Crippen LogP contribution in [0.5, 0.6) is 11.5 Å². The van der Waals surface area contributed by atoms with Gasteiger partial charge in [-0.25, -0.2) is 0 Å². The maximum atomic E-state index is 12.2. The lowest BCUT2D eigenvalue weighted by Crippen LogP contribution is -2.27. The van der Waals surface area contributed by atoms with Gasteiger partial charge in [-0.3, -0.25) is 9.48 Å². The van der Waals surface area contributed by atoms with E-state index in [0.717, 1.165) is 10.6 Å². The number of rotatable bonds is 5. The Bertz CT molecular complexity index is 858. The Morgan fingerprint density at radius 3 is 3.04 bits per heavy atom. The molecule has 3 heterocycles. The molecule has 0 atom stereocenters. The van der Waals surface area contributed by atoms with Gasteiger partial charge in [0, 0.05) is 18.3 Å². The summed E-state index contributed by atoms with van der Waals surface area (Å²) >= 11 is 1.66. The van der Waals surface area contributed by atoms with Gasteiger partial charge in [0.05, 0.1) is 11.4 Å². The summed E-state index contributed by atoms with van der Waals surface area (Å²) in [5, 5.41) is 9.43. The highest BCUT2D eigenvalue weighted by atomic mass is 32.1. The molecule has 0 bridgehead atoms. The highest BCUT2D eigenvalue weighted by molar-refractivity contribution is 7.13. The number of amides is 1. The summed E-state index contributed by atoms with van der Waals surface area (Å²) in [5.41, 5.74) is 1.51. The van der Waals surface area contributed by atoms with E-state index >= 15 is 0 Å². The zero-order chi connectivity index (χ0) is 16.4. The first kappa shape index (κ1) is 14.8. The first-order valence-corrected chi connectivity index (χ1v) is 8.43. The minimum atomic E-state index is -0.140. The number of benzene rings is 1. The van der Waals surface area contributed by atoms with Gasteiger partial charge in [-0.2, -0.15) is 5.10 Å². The van der Waals surface area contributed by atoms with Crippen LogP contribution in [-0.4, -0.2) is 29.0 Å². The third-order valence-electron chi connectivity index (χ3n) is 3.68. The zero-order valence-electron chi connectivity index (χ0n) is 12.8. The molecule has 7 heteroatoms. The van der Waals surface area contributed by atoms with Crippen LogP contribution < -0.4 is 14.8 Å². The molecule has 0 saturated carbocycles. The quantitative estimate of drug-likeness (QED) is 0.775. The molecule has 0 unspecified atom stereocenters. The molecular formula is C17H15N3O3S. The minimum absolute atomic E-state index is 0.140. The first-order valence-electron chi connectivity index (χ1n) is 7.55. The molecule has 122 valence electrons. The lowest BCUT2D eigenvalue weighted by atomic mass is 10.2. The van der Waals surface area contributed by atoms with Crippen LogP contribution in [0.4, 0.5) is 0 Å². The van der Waals surface area contributed by atoms with Crippen molar-refractivity contribution in [2.45, 2.75) is 6.54 Å². The number of carbonyl (C=O) groups excluding carboxylic acids is 1. The highest BCUT2D eigenvalue weighted by Gasteiger charge is 2.16. The van der Waals surface area contributed by atoms with Gasteiger partial charge < -0.3 is 14.8 Å². The van der Waals surface area contributed by atoms with Crippen LogP contribution in [0.15, 0.2) is 48.0 Å². The van der Waals surface area contributed by atoms with Gasteiger partial charge in [-0.05, 0) is 35.7 Å². The number of carbonyl (C=O) groups is 1. The lowest BCUT2D eigenvalue weighted by Gasteiger charge is -2.06. The Morgan fingerprint density at radius 2 is 2.17 bits per heavy atom. The summed E-state index contributed by atoms with van der Waals surface area (Å²) in [7, 11) is 0. The summed E-state index contributed by atoms with van der Waals surface area (Å²) in [5.74, 6) is 1.14. The second kappa shape index (κ2) is 6.37. The van der Waals surface area contributed by atoms with Crippen LogP contribution in [0.1, 0.15) is 10.4 Å². The lowest BCUT2D eigenvalue weighted by molar-refractivity contribution is 0.0951. The van der Waals surface area contributed by atoms with Gasteiger partial charge in [0.2, 0.25) is 6.79 Å². The SMILES string of the molecule is O=C(NCCn1ccc(-c2cccs2)n1)c1ccc2c(c1)OCO2. The molecule has 24 heavy (non-hydrogen) atoms. The number of thiophene rings is 1. The Balaban J connectivity index is 1.33. The van der Waals surface area contributed by atoms with E-state index < -0.39 is 0 Å². The van der Waals surface area contributed by atoms with Crippen LogP contribution in [0, 0.1) is 0 Å². The maximum Gasteiger partial charge on any atom is 0.251 e. The molecule has 1 aromatic carbocycles. The van der Waals surface area contributed by atoms with Gasteiger partial charge in [0.1, 0.15) is 5.69 Å². The number of hydrogen-bond acceptors (Lipinski definition) is 5. The van der Waals surface area contributed by atoms with Crippen LogP contribution in [0.2, 0.25) is 0 Å². The molecule has 0 radical (unpaired) electrons. The molecule has 0 aliphatic carbocycles.